The second kappa shape index (κ2) is 6.49. The number of amides is 1. The van der Waals surface area contributed by atoms with Gasteiger partial charge in [0.1, 0.15) is 17.6 Å². The minimum atomic E-state index is -0.925. The van der Waals surface area contributed by atoms with Crippen LogP contribution in [0.4, 0.5) is 4.39 Å². The molecule has 0 unspecified atom stereocenters. The van der Waals surface area contributed by atoms with E-state index in [0.717, 1.165) is 12.8 Å². The van der Waals surface area contributed by atoms with E-state index in [9.17, 15) is 9.18 Å². The molecule has 1 amide bonds. The summed E-state index contributed by atoms with van der Waals surface area (Å²) in [5.74, 6) is -0.338. The van der Waals surface area contributed by atoms with Crippen molar-refractivity contribution in [1.82, 2.24) is 5.32 Å². The van der Waals surface area contributed by atoms with Crippen LogP contribution in [0.3, 0.4) is 0 Å². The van der Waals surface area contributed by atoms with Crippen molar-refractivity contribution in [3.63, 3.8) is 0 Å². The summed E-state index contributed by atoms with van der Waals surface area (Å²) < 4.78 is 18.9. The molecule has 0 spiro atoms. The Hall–Kier alpha value is -2.87. The van der Waals surface area contributed by atoms with E-state index in [4.69, 9.17) is 10.00 Å². The van der Waals surface area contributed by atoms with E-state index in [0.29, 0.717) is 16.9 Å². The highest BCUT2D eigenvalue weighted by molar-refractivity contribution is 5.83. The van der Waals surface area contributed by atoms with Gasteiger partial charge in [-0.2, -0.15) is 5.26 Å². The molecular formula is C18H15FN2O2. The van der Waals surface area contributed by atoms with Crippen LogP contribution in [0.15, 0.2) is 48.5 Å². The number of nitrogens with zero attached hydrogens (tertiary/aromatic N) is 1. The number of hydrogen-bond donors (Lipinski definition) is 1. The monoisotopic (exact) mass is 310 g/mol. The van der Waals surface area contributed by atoms with Crippen LogP contribution in [0.2, 0.25) is 0 Å². The van der Waals surface area contributed by atoms with Crippen LogP contribution >= 0.6 is 0 Å². The van der Waals surface area contributed by atoms with Crippen molar-refractivity contribution < 1.29 is 13.9 Å². The number of nitrogens with one attached hydrogen (secondary N) is 1. The topological polar surface area (TPSA) is 62.1 Å². The molecule has 0 saturated heterocycles. The Morgan fingerprint density at radius 2 is 1.91 bits per heavy atom. The third-order valence-corrected chi connectivity index (χ3v) is 3.59. The average Bonchev–Trinajstić information content (AvgIpc) is 3.38. The summed E-state index contributed by atoms with van der Waals surface area (Å²) >= 11 is 0. The molecular weight excluding hydrogens is 295 g/mol. The van der Waals surface area contributed by atoms with E-state index in [-0.39, 0.29) is 17.8 Å². The maximum atomic E-state index is 13.1. The number of carbonyl (C=O) groups excluding carboxylic acids is 1. The van der Waals surface area contributed by atoms with Crippen LogP contribution in [-0.4, -0.2) is 11.9 Å². The first kappa shape index (κ1) is 15.0. The summed E-state index contributed by atoms with van der Waals surface area (Å²) in [6.45, 7) is 0. The van der Waals surface area contributed by atoms with Crippen molar-refractivity contribution in [1.29, 1.82) is 5.26 Å². The van der Waals surface area contributed by atoms with Gasteiger partial charge >= 0.3 is 0 Å². The van der Waals surface area contributed by atoms with Crippen molar-refractivity contribution >= 4 is 5.91 Å². The molecule has 0 radical (unpaired) electrons. The number of ether oxygens (including phenoxy) is 1. The highest BCUT2D eigenvalue weighted by atomic mass is 19.1. The zero-order valence-electron chi connectivity index (χ0n) is 12.3. The zero-order chi connectivity index (χ0) is 16.2. The number of halogens is 1. The molecule has 1 atom stereocenters. The molecule has 0 aliphatic heterocycles. The average molecular weight is 310 g/mol. The summed E-state index contributed by atoms with van der Waals surface area (Å²) in [6, 6.07) is 14.5. The Kier molecular flexibility index (Phi) is 4.24. The summed E-state index contributed by atoms with van der Waals surface area (Å²) in [7, 11) is 0. The SMILES string of the molecule is N#Cc1ccccc1O[C@@H](C(=O)NC1CC1)c1ccc(F)cc1. The lowest BCUT2D eigenvalue weighted by atomic mass is 10.1. The molecule has 5 heteroatoms. The maximum Gasteiger partial charge on any atom is 0.266 e. The van der Waals surface area contributed by atoms with Crippen molar-refractivity contribution in [2.24, 2.45) is 0 Å². The van der Waals surface area contributed by atoms with Gasteiger partial charge in [0, 0.05) is 11.6 Å². The molecule has 2 aromatic carbocycles. The number of nitriles is 1. The molecule has 4 nitrogen and oxygen atoms in total. The predicted octanol–water partition coefficient (Wildman–Crippen LogP) is 3.10. The second-order valence-corrected chi connectivity index (χ2v) is 5.44. The van der Waals surface area contributed by atoms with Gasteiger partial charge in [0.05, 0.1) is 5.56 Å². The van der Waals surface area contributed by atoms with Crippen LogP contribution in [0.5, 0.6) is 5.75 Å². The van der Waals surface area contributed by atoms with Gasteiger partial charge in [-0.1, -0.05) is 24.3 Å². The summed E-state index contributed by atoms with van der Waals surface area (Å²) in [4.78, 5) is 12.5. The summed E-state index contributed by atoms with van der Waals surface area (Å²) in [5.41, 5.74) is 0.885. The molecule has 2 aromatic rings. The molecule has 23 heavy (non-hydrogen) atoms. The van der Waals surface area contributed by atoms with Gasteiger partial charge in [-0.05, 0) is 37.1 Å². The quantitative estimate of drug-likeness (QED) is 0.923. The highest BCUT2D eigenvalue weighted by Gasteiger charge is 2.30. The molecule has 1 aliphatic rings. The molecule has 3 rings (SSSR count). The van der Waals surface area contributed by atoms with Gasteiger partial charge in [-0.25, -0.2) is 4.39 Å². The Bertz CT molecular complexity index is 748. The van der Waals surface area contributed by atoms with Crippen LogP contribution in [0, 0.1) is 17.1 Å². The van der Waals surface area contributed by atoms with Crippen LogP contribution in [0.1, 0.15) is 30.1 Å². The van der Waals surface area contributed by atoms with Crippen molar-refractivity contribution in [3.05, 3.63) is 65.5 Å². The molecule has 1 N–H and O–H groups in total. The standard InChI is InChI=1S/C18H15FN2O2/c19-14-7-5-12(6-8-14)17(18(22)21-15-9-10-15)23-16-4-2-1-3-13(16)11-20/h1-8,15,17H,9-10H2,(H,21,22)/t17-/m1/s1. The third-order valence-electron chi connectivity index (χ3n) is 3.59. The first-order valence-electron chi connectivity index (χ1n) is 7.39. The van der Waals surface area contributed by atoms with Gasteiger partial charge in [0.15, 0.2) is 0 Å². The lowest BCUT2D eigenvalue weighted by molar-refractivity contribution is -0.128. The maximum absolute atomic E-state index is 13.1. The Morgan fingerprint density at radius 1 is 1.22 bits per heavy atom. The van der Waals surface area contributed by atoms with E-state index in [1.807, 2.05) is 6.07 Å². The molecule has 1 saturated carbocycles. The second-order valence-electron chi connectivity index (χ2n) is 5.44. The molecule has 1 aliphatic carbocycles. The summed E-state index contributed by atoms with van der Waals surface area (Å²) in [6.07, 6.45) is 0.985. The van der Waals surface area contributed by atoms with Gasteiger partial charge in [-0.15, -0.1) is 0 Å². The number of benzene rings is 2. The van der Waals surface area contributed by atoms with Crippen molar-refractivity contribution in [2.75, 3.05) is 0 Å². The highest BCUT2D eigenvalue weighted by Crippen LogP contribution is 2.27. The third kappa shape index (κ3) is 3.67. The fourth-order valence-corrected chi connectivity index (χ4v) is 2.20. The fourth-order valence-electron chi connectivity index (χ4n) is 2.20. The minimum Gasteiger partial charge on any atom is -0.474 e. The number of rotatable bonds is 5. The lowest BCUT2D eigenvalue weighted by Gasteiger charge is -2.19. The van der Waals surface area contributed by atoms with Crippen LogP contribution < -0.4 is 10.1 Å². The van der Waals surface area contributed by atoms with Gasteiger partial charge < -0.3 is 10.1 Å². The van der Waals surface area contributed by atoms with Gasteiger partial charge in [0.2, 0.25) is 6.10 Å². The zero-order valence-corrected chi connectivity index (χ0v) is 12.3. The van der Waals surface area contributed by atoms with Crippen molar-refractivity contribution in [3.8, 4) is 11.8 Å². The molecule has 1 fully saturated rings. The lowest BCUT2D eigenvalue weighted by Crippen LogP contribution is -2.34. The number of carbonyl (C=O) groups is 1. The minimum absolute atomic E-state index is 0.181. The smallest absolute Gasteiger partial charge is 0.266 e. The fraction of sp³-hybridized carbons (Fsp3) is 0.222. The predicted molar refractivity (Wildman–Crippen MR) is 82.1 cm³/mol. The first-order valence-corrected chi connectivity index (χ1v) is 7.39. The molecule has 0 heterocycles. The van der Waals surface area contributed by atoms with E-state index >= 15 is 0 Å². The normalized spacial score (nSPS) is 14.6. The number of para-hydroxylation sites is 1. The Labute approximate surface area is 133 Å². The molecule has 116 valence electrons. The van der Waals surface area contributed by atoms with E-state index in [1.54, 1.807) is 24.3 Å². The first-order chi connectivity index (χ1) is 11.2. The van der Waals surface area contributed by atoms with E-state index in [2.05, 4.69) is 5.32 Å². The Morgan fingerprint density at radius 3 is 2.57 bits per heavy atom. The van der Waals surface area contributed by atoms with Crippen molar-refractivity contribution in [2.45, 2.75) is 25.0 Å². The van der Waals surface area contributed by atoms with Gasteiger partial charge in [-0.3, -0.25) is 4.79 Å². The van der Waals surface area contributed by atoms with Gasteiger partial charge in [0.25, 0.3) is 5.91 Å². The van der Waals surface area contributed by atoms with E-state index in [1.165, 1.54) is 24.3 Å². The Balaban J connectivity index is 1.89. The van der Waals surface area contributed by atoms with Crippen LogP contribution in [0.25, 0.3) is 0 Å². The molecule has 0 aromatic heterocycles. The largest absolute Gasteiger partial charge is 0.474 e. The van der Waals surface area contributed by atoms with E-state index < -0.39 is 6.10 Å². The van der Waals surface area contributed by atoms with Crippen LogP contribution in [-0.2, 0) is 4.79 Å². The molecule has 0 bridgehead atoms. The summed E-state index contributed by atoms with van der Waals surface area (Å²) in [5, 5.41) is 12.0. The number of hydrogen-bond acceptors (Lipinski definition) is 3.